The molecule has 14 heteroatoms. The Morgan fingerprint density at radius 3 is 2.46 bits per heavy atom. The first kappa shape index (κ1) is 24.9. The summed E-state index contributed by atoms with van der Waals surface area (Å²) in [6, 6.07) is 12.0. The second-order valence-electron chi connectivity index (χ2n) is 7.15. The number of anilines is 1. The lowest BCUT2D eigenvalue weighted by atomic mass is 10.1. The predicted molar refractivity (Wildman–Crippen MR) is 121 cm³/mol. The molecule has 4 rings (SSSR count). The van der Waals surface area contributed by atoms with Crippen molar-refractivity contribution in [1.29, 1.82) is 0 Å². The van der Waals surface area contributed by atoms with Gasteiger partial charge in [-0.2, -0.15) is 18.0 Å². The minimum Gasteiger partial charge on any atom is -0.279 e. The van der Waals surface area contributed by atoms with E-state index in [1.807, 2.05) is 0 Å². The maximum Gasteiger partial charge on any atom is 0.416 e. The lowest BCUT2D eigenvalue weighted by Gasteiger charge is -2.16. The molecule has 0 aliphatic rings. The summed E-state index contributed by atoms with van der Waals surface area (Å²) in [4.78, 5) is 0.574. The normalized spacial score (nSPS) is 12.1. The third kappa shape index (κ3) is 5.39. The largest absolute Gasteiger partial charge is 0.416 e. The van der Waals surface area contributed by atoms with Crippen molar-refractivity contribution in [2.24, 2.45) is 0 Å². The topological polar surface area (TPSA) is 89.8 Å². The number of alkyl halides is 3. The number of rotatable bonds is 6. The number of aromatic nitrogens is 4. The van der Waals surface area contributed by atoms with Crippen LogP contribution in [0.15, 0.2) is 65.6 Å². The fourth-order valence-electron chi connectivity index (χ4n) is 3.09. The van der Waals surface area contributed by atoms with Crippen LogP contribution in [0.2, 0.25) is 10.0 Å². The number of hydrogen-bond acceptors (Lipinski definition) is 5. The summed E-state index contributed by atoms with van der Waals surface area (Å²) in [5.41, 5.74) is -1.32. The van der Waals surface area contributed by atoms with Gasteiger partial charge in [-0.05, 0) is 47.2 Å². The van der Waals surface area contributed by atoms with Crippen molar-refractivity contribution in [3.05, 3.63) is 87.7 Å². The van der Waals surface area contributed by atoms with E-state index in [2.05, 4.69) is 20.1 Å². The molecular weight excluding hydrogens is 533 g/mol. The molecule has 0 amide bonds. The lowest BCUT2D eigenvalue weighted by Crippen LogP contribution is -2.17. The highest BCUT2D eigenvalue weighted by Crippen LogP contribution is 2.35. The fourth-order valence-corrected chi connectivity index (χ4v) is 4.94. The number of nitrogens with zero attached hydrogens (tertiary/aromatic N) is 4. The maximum atomic E-state index is 14.0. The van der Waals surface area contributed by atoms with Crippen molar-refractivity contribution in [2.75, 3.05) is 4.72 Å². The van der Waals surface area contributed by atoms with Crippen LogP contribution in [-0.4, -0.2) is 28.6 Å². The molecule has 0 spiro atoms. The maximum absolute atomic E-state index is 14.0. The van der Waals surface area contributed by atoms with E-state index >= 15 is 0 Å². The van der Waals surface area contributed by atoms with Gasteiger partial charge in [0.1, 0.15) is 10.7 Å². The molecule has 0 fully saturated rings. The van der Waals surface area contributed by atoms with E-state index in [1.54, 1.807) is 6.07 Å². The van der Waals surface area contributed by atoms with Gasteiger partial charge in [-0.25, -0.2) is 12.8 Å². The van der Waals surface area contributed by atoms with Crippen LogP contribution in [0.25, 0.3) is 11.4 Å². The molecule has 0 unspecified atom stereocenters. The summed E-state index contributed by atoms with van der Waals surface area (Å²) in [6.07, 6.45) is -4.74. The number of tetrazole rings is 1. The van der Waals surface area contributed by atoms with Crippen LogP contribution in [-0.2, 0) is 22.7 Å². The van der Waals surface area contributed by atoms with Crippen LogP contribution in [0.3, 0.4) is 0 Å². The molecule has 182 valence electrons. The molecule has 0 radical (unpaired) electrons. The van der Waals surface area contributed by atoms with Crippen LogP contribution < -0.4 is 4.72 Å². The number of benzene rings is 3. The quantitative estimate of drug-likeness (QED) is 0.316. The highest BCUT2D eigenvalue weighted by atomic mass is 35.5. The van der Waals surface area contributed by atoms with Crippen LogP contribution >= 0.6 is 23.2 Å². The number of halogens is 6. The van der Waals surface area contributed by atoms with E-state index in [9.17, 15) is 26.0 Å². The van der Waals surface area contributed by atoms with Gasteiger partial charge in [0, 0.05) is 0 Å². The SMILES string of the molecule is O=S(=O)(Nc1cc(C(F)(F)F)ccc1Cn1nnc(-c2ccccc2F)n1)c1cccc(Cl)c1Cl. The molecule has 35 heavy (non-hydrogen) atoms. The van der Waals surface area contributed by atoms with Crippen LogP contribution in [0.5, 0.6) is 0 Å². The zero-order valence-corrected chi connectivity index (χ0v) is 19.6. The fraction of sp³-hybridized carbons (Fsp3) is 0.0952. The molecule has 0 aliphatic carbocycles. The van der Waals surface area contributed by atoms with Crippen molar-refractivity contribution >= 4 is 38.9 Å². The van der Waals surface area contributed by atoms with E-state index < -0.39 is 32.5 Å². The summed E-state index contributed by atoms with van der Waals surface area (Å²) in [5, 5.41) is 11.3. The Labute approximate surface area is 206 Å². The van der Waals surface area contributed by atoms with Gasteiger partial charge >= 0.3 is 6.18 Å². The van der Waals surface area contributed by atoms with Crippen LogP contribution in [0, 0.1) is 5.82 Å². The minimum atomic E-state index is -4.74. The van der Waals surface area contributed by atoms with E-state index in [-0.39, 0.29) is 39.2 Å². The van der Waals surface area contributed by atoms with Crippen molar-refractivity contribution in [3.8, 4) is 11.4 Å². The summed E-state index contributed by atoms with van der Waals surface area (Å²) >= 11 is 11.9. The third-order valence-corrected chi connectivity index (χ3v) is 7.11. The molecule has 0 bridgehead atoms. The summed E-state index contributed by atoms with van der Waals surface area (Å²) < 4.78 is 82.0. The van der Waals surface area contributed by atoms with Crippen molar-refractivity contribution in [1.82, 2.24) is 20.2 Å². The van der Waals surface area contributed by atoms with Gasteiger partial charge in [-0.3, -0.25) is 4.72 Å². The molecule has 1 N–H and O–H groups in total. The molecule has 1 heterocycles. The Bertz CT molecular complexity index is 1510. The van der Waals surface area contributed by atoms with Crippen molar-refractivity contribution in [2.45, 2.75) is 17.6 Å². The standard InChI is InChI=1S/C21H13Cl2F4N5O2S/c22-15-5-3-7-18(19(15)23)35(33,34)30-17-10-13(21(25,26)27)9-8-12(17)11-32-29-20(28-31-32)14-4-1-2-6-16(14)24/h1-10,30H,11H2. The number of nitrogens with one attached hydrogen (secondary N) is 1. The van der Waals surface area contributed by atoms with Gasteiger partial charge in [-0.1, -0.05) is 47.5 Å². The van der Waals surface area contributed by atoms with E-state index in [1.165, 1.54) is 30.3 Å². The second-order valence-corrected chi connectivity index (χ2v) is 9.59. The van der Waals surface area contributed by atoms with Crippen molar-refractivity contribution < 1.29 is 26.0 Å². The summed E-state index contributed by atoms with van der Waals surface area (Å²) in [5.74, 6) is -0.642. The summed E-state index contributed by atoms with van der Waals surface area (Å²) in [7, 11) is -4.44. The molecule has 3 aromatic carbocycles. The van der Waals surface area contributed by atoms with Gasteiger partial charge in [-0.15, -0.1) is 10.2 Å². The molecule has 1 aromatic heterocycles. The number of hydrogen-bond donors (Lipinski definition) is 1. The lowest BCUT2D eigenvalue weighted by molar-refractivity contribution is -0.137. The molecular formula is C21H13Cl2F4N5O2S. The monoisotopic (exact) mass is 545 g/mol. The highest BCUT2D eigenvalue weighted by molar-refractivity contribution is 7.92. The van der Waals surface area contributed by atoms with Gasteiger partial charge in [0.2, 0.25) is 5.82 Å². The van der Waals surface area contributed by atoms with Crippen molar-refractivity contribution in [3.63, 3.8) is 0 Å². The van der Waals surface area contributed by atoms with Crippen LogP contribution in [0.1, 0.15) is 11.1 Å². The zero-order valence-electron chi connectivity index (χ0n) is 17.3. The van der Waals surface area contributed by atoms with E-state index in [0.29, 0.717) is 6.07 Å². The Morgan fingerprint density at radius 1 is 1.00 bits per heavy atom. The first-order valence-electron chi connectivity index (χ1n) is 9.65. The van der Waals surface area contributed by atoms with Gasteiger partial charge < -0.3 is 0 Å². The molecule has 0 atom stereocenters. The van der Waals surface area contributed by atoms with Crippen LogP contribution in [0.4, 0.5) is 23.2 Å². The highest BCUT2D eigenvalue weighted by Gasteiger charge is 2.32. The first-order valence-corrected chi connectivity index (χ1v) is 11.9. The summed E-state index contributed by atoms with van der Waals surface area (Å²) in [6.45, 7) is -0.277. The van der Waals surface area contributed by atoms with Gasteiger partial charge in [0.15, 0.2) is 0 Å². The molecule has 7 nitrogen and oxygen atoms in total. The average molecular weight is 546 g/mol. The number of sulfonamides is 1. The smallest absolute Gasteiger partial charge is 0.279 e. The third-order valence-electron chi connectivity index (χ3n) is 4.77. The molecule has 0 saturated carbocycles. The second kappa shape index (κ2) is 9.44. The molecule has 0 saturated heterocycles. The minimum absolute atomic E-state index is 0.0497. The van der Waals surface area contributed by atoms with Gasteiger partial charge in [0.05, 0.1) is 33.4 Å². The Hall–Kier alpha value is -3.22. The molecule has 0 aliphatic heterocycles. The van der Waals surface area contributed by atoms with Gasteiger partial charge in [0.25, 0.3) is 10.0 Å². The molecule has 4 aromatic rings. The Balaban J connectivity index is 1.72. The first-order chi connectivity index (χ1) is 16.5. The van der Waals surface area contributed by atoms with E-state index in [0.717, 1.165) is 23.0 Å². The Kier molecular flexibility index (Phi) is 6.71. The predicted octanol–water partition coefficient (Wildman–Crippen LogP) is 5.65. The zero-order chi connectivity index (χ0) is 25.4. The average Bonchev–Trinajstić information content (AvgIpc) is 3.24. The Morgan fingerprint density at radius 2 is 1.74 bits per heavy atom. The van der Waals surface area contributed by atoms with E-state index in [4.69, 9.17) is 23.2 Å².